The van der Waals surface area contributed by atoms with E-state index in [1.54, 1.807) is 11.3 Å². The van der Waals surface area contributed by atoms with Crippen LogP contribution in [0.4, 0.5) is 5.00 Å². The Bertz CT molecular complexity index is 679. The Morgan fingerprint density at radius 2 is 2.18 bits per heavy atom. The molecule has 0 aromatic carbocycles. The van der Waals surface area contributed by atoms with E-state index in [9.17, 15) is 4.79 Å². The summed E-state index contributed by atoms with van der Waals surface area (Å²) in [4.78, 5) is 19.7. The molecule has 1 amide bonds. The monoisotopic (exact) mass is 332 g/mol. The van der Waals surface area contributed by atoms with Crippen molar-refractivity contribution >= 4 is 33.6 Å². The van der Waals surface area contributed by atoms with Gasteiger partial charge in [-0.25, -0.2) is 0 Å². The number of nitrogens with zero attached hydrogens (tertiary/aromatic N) is 2. The predicted octanol–water partition coefficient (Wildman–Crippen LogP) is 3.75. The second-order valence-electron chi connectivity index (χ2n) is 6.58. The van der Waals surface area contributed by atoms with Gasteiger partial charge in [-0.1, -0.05) is 6.07 Å². The van der Waals surface area contributed by atoms with Gasteiger partial charge in [0, 0.05) is 41.2 Å². The summed E-state index contributed by atoms with van der Waals surface area (Å²) in [5.74, 6) is 0.305. The van der Waals surface area contributed by atoms with Crippen molar-refractivity contribution in [3.05, 3.63) is 39.4 Å². The molecular weight excluding hydrogens is 312 g/mol. The number of likely N-dealkylation sites (tertiary alicyclic amines) is 1. The molecule has 2 aliphatic heterocycles. The summed E-state index contributed by atoms with van der Waals surface area (Å²) in [6.07, 6.45) is 1.86. The maximum absolute atomic E-state index is 12.5. The topological polar surface area (TPSA) is 23.6 Å². The Morgan fingerprint density at radius 1 is 1.27 bits per heavy atom. The van der Waals surface area contributed by atoms with E-state index in [2.05, 4.69) is 41.5 Å². The largest absolute Gasteiger partial charge is 0.303 e. The first kappa shape index (κ1) is 14.4. The number of carbonyl (C=O) groups excluding carboxylic acids is 1. The number of aryl methyl sites for hydroxylation is 1. The molecule has 2 saturated heterocycles. The summed E-state index contributed by atoms with van der Waals surface area (Å²) in [6.45, 7) is 6.20. The van der Waals surface area contributed by atoms with Crippen molar-refractivity contribution in [2.24, 2.45) is 5.41 Å². The van der Waals surface area contributed by atoms with Crippen LogP contribution in [0.2, 0.25) is 0 Å². The van der Waals surface area contributed by atoms with E-state index in [0.29, 0.717) is 12.3 Å². The molecule has 0 saturated carbocycles. The highest BCUT2D eigenvalue weighted by molar-refractivity contribution is 7.16. The first-order chi connectivity index (χ1) is 10.6. The van der Waals surface area contributed by atoms with Crippen molar-refractivity contribution in [3.8, 4) is 0 Å². The molecule has 4 rings (SSSR count). The van der Waals surface area contributed by atoms with E-state index in [1.807, 2.05) is 16.2 Å². The number of amides is 1. The van der Waals surface area contributed by atoms with Gasteiger partial charge in [0.2, 0.25) is 5.91 Å². The minimum Gasteiger partial charge on any atom is -0.303 e. The number of rotatable bonds is 3. The summed E-state index contributed by atoms with van der Waals surface area (Å²) in [5, 5.41) is 3.26. The van der Waals surface area contributed by atoms with Crippen molar-refractivity contribution in [1.29, 1.82) is 0 Å². The lowest BCUT2D eigenvalue weighted by atomic mass is 9.86. The van der Waals surface area contributed by atoms with Gasteiger partial charge in [-0.3, -0.25) is 9.69 Å². The van der Waals surface area contributed by atoms with E-state index in [0.717, 1.165) is 37.6 Å². The number of carbonyl (C=O) groups is 1. The van der Waals surface area contributed by atoms with Crippen molar-refractivity contribution < 1.29 is 4.79 Å². The Kier molecular flexibility index (Phi) is 3.59. The highest BCUT2D eigenvalue weighted by Crippen LogP contribution is 2.43. The van der Waals surface area contributed by atoms with Crippen LogP contribution in [-0.4, -0.2) is 30.4 Å². The van der Waals surface area contributed by atoms with Gasteiger partial charge in [-0.05, 0) is 43.5 Å². The van der Waals surface area contributed by atoms with E-state index < -0.39 is 0 Å². The maximum Gasteiger partial charge on any atom is 0.228 e. The maximum atomic E-state index is 12.5. The molecule has 2 aliphatic rings. The molecule has 1 atom stereocenters. The summed E-state index contributed by atoms with van der Waals surface area (Å²) in [6, 6.07) is 8.52. The number of anilines is 1. The standard InChI is InChI=1S/C17H20N2OS2/c1-13-4-5-16(22-13)19-12-17(9-15(19)20)6-7-18(11-17)10-14-3-2-8-21-14/h2-5,8H,6-7,9-12H2,1H3/t17-/m0/s1. The van der Waals surface area contributed by atoms with Crippen molar-refractivity contribution in [3.63, 3.8) is 0 Å². The van der Waals surface area contributed by atoms with Crippen LogP contribution in [0.1, 0.15) is 22.6 Å². The minimum absolute atomic E-state index is 0.173. The van der Waals surface area contributed by atoms with E-state index in [-0.39, 0.29) is 5.41 Å². The molecule has 0 unspecified atom stereocenters. The van der Waals surface area contributed by atoms with E-state index >= 15 is 0 Å². The second kappa shape index (κ2) is 5.48. The first-order valence-corrected chi connectivity index (χ1v) is 9.45. The molecule has 0 radical (unpaired) electrons. The first-order valence-electron chi connectivity index (χ1n) is 7.75. The fourth-order valence-corrected chi connectivity index (χ4v) is 5.35. The highest BCUT2D eigenvalue weighted by Gasteiger charge is 2.47. The van der Waals surface area contributed by atoms with Gasteiger partial charge in [0.05, 0.1) is 5.00 Å². The molecule has 0 aliphatic carbocycles. The van der Waals surface area contributed by atoms with Crippen LogP contribution in [0.3, 0.4) is 0 Å². The average molecular weight is 332 g/mol. The Labute approximate surface area is 139 Å². The molecule has 2 aromatic heterocycles. The smallest absolute Gasteiger partial charge is 0.228 e. The zero-order chi connectivity index (χ0) is 15.2. The third kappa shape index (κ3) is 2.62. The number of hydrogen-bond acceptors (Lipinski definition) is 4. The zero-order valence-electron chi connectivity index (χ0n) is 12.7. The van der Waals surface area contributed by atoms with Crippen molar-refractivity contribution in [2.45, 2.75) is 26.3 Å². The number of hydrogen-bond donors (Lipinski definition) is 0. The van der Waals surface area contributed by atoms with Crippen LogP contribution in [-0.2, 0) is 11.3 Å². The summed E-state index contributed by atoms with van der Waals surface area (Å²) in [5.41, 5.74) is 0.173. The Balaban J connectivity index is 1.46. The zero-order valence-corrected chi connectivity index (χ0v) is 14.4. The Hall–Kier alpha value is -1.17. The van der Waals surface area contributed by atoms with Gasteiger partial charge >= 0.3 is 0 Å². The molecule has 4 heterocycles. The summed E-state index contributed by atoms with van der Waals surface area (Å²) >= 11 is 3.55. The van der Waals surface area contributed by atoms with Gasteiger partial charge in [-0.15, -0.1) is 22.7 Å². The van der Waals surface area contributed by atoms with Gasteiger partial charge < -0.3 is 4.90 Å². The van der Waals surface area contributed by atoms with Crippen molar-refractivity contribution in [2.75, 3.05) is 24.5 Å². The fraction of sp³-hybridized carbons (Fsp3) is 0.471. The molecule has 0 bridgehead atoms. The molecule has 0 N–H and O–H groups in total. The molecule has 116 valence electrons. The molecule has 2 aromatic rings. The Morgan fingerprint density at radius 3 is 2.91 bits per heavy atom. The summed E-state index contributed by atoms with van der Waals surface area (Å²) in [7, 11) is 0. The summed E-state index contributed by atoms with van der Waals surface area (Å²) < 4.78 is 0. The molecule has 1 spiro atoms. The third-order valence-electron chi connectivity index (χ3n) is 4.79. The average Bonchev–Trinajstić information content (AvgIpc) is 3.22. The fourth-order valence-electron chi connectivity index (χ4n) is 3.72. The lowest BCUT2D eigenvalue weighted by molar-refractivity contribution is -0.117. The SMILES string of the molecule is Cc1ccc(N2C[C@@]3(CCN(Cc4cccs4)C3)CC2=O)s1. The van der Waals surface area contributed by atoms with Crippen LogP contribution in [0.15, 0.2) is 29.6 Å². The van der Waals surface area contributed by atoms with Crippen LogP contribution >= 0.6 is 22.7 Å². The molecular formula is C17H20N2OS2. The van der Waals surface area contributed by atoms with Gasteiger partial charge in [-0.2, -0.15) is 0 Å². The predicted molar refractivity (Wildman–Crippen MR) is 92.7 cm³/mol. The van der Waals surface area contributed by atoms with E-state index in [4.69, 9.17) is 0 Å². The quantitative estimate of drug-likeness (QED) is 0.855. The van der Waals surface area contributed by atoms with Crippen LogP contribution < -0.4 is 4.90 Å². The second-order valence-corrected chi connectivity index (χ2v) is 8.88. The minimum atomic E-state index is 0.173. The number of thiophene rings is 2. The lowest BCUT2D eigenvalue weighted by Gasteiger charge is -2.23. The lowest BCUT2D eigenvalue weighted by Crippen LogP contribution is -2.30. The third-order valence-corrected chi connectivity index (χ3v) is 6.67. The highest BCUT2D eigenvalue weighted by atomic mass is 32.1. The van der Waals surface area contributed by atoms with Gasteiger partial charge in [0.1, 0.15) is 0 Å². The molecule has 2 fully saturated rings. The van der Waals surface area contributed by atoms with Gasteiger partial charge in [0.25, 0.3) is 0 Å². The van der Waals surface area contributed by atoms with Crippen molar-refractivity contribution in [1.82, 2.24) is 4.90 Å². The normalized spacial score (nSPS) is 25.7. The molecule has 22 heavy (non-hydrogen) atoms. The molecule has 5 heteroatoms. The van der Waals surface area contributed by atoms with Gasteiger partial charge in [0.15, 0.2) is 0 Å². The van der Waals surface area contributed by atoms with E-state index in [1.165, 1.54) is 9.75 Å². The van der Waals surface area contributed by atoms with Crippen LogP contribution in [0.5, 0.6) is 0 Å². The van der Waals surface area contributed by atoms with Crippen LogP contribution in [0, 0.1) is 12.3 Å². The molecule has 3 nitrogen and oxygen atoms in total. The van der Waals surface area contributed by atoms with Crippen LogP contribution in [0.25, 0.3) is 0 Å².